The molecule has 0 heterocycles. The van der Waals surface area contributed by atoms with Gasteiger partial charge in [-0.1, -0.05) is 12.1 Å². The van der Waals surface area contributed by atoms with Crippen molar-refractivity contribution in [1.29, 1.82) is 0 Å². The molecule has 6 nitrogen and oxygen atoms in total. The van der Waals surface area contributed by atoms with Crippen molar-refractivity contribution < 1.29 is 13.9 Å². The lowest BCUT2D eigenvalue weighted by atomic mass is 10.2. The first-order valence-electron chi connectivity index (χ1n) is 8.12. The maximum atomic E-state index is 12.9. The molecule has 0 radical (unpaired) electrons. The summed E-state index contributed by atoms with van der Waals surface area (Å²) >= 11 is 0. The molecule has 0 aromatic heterocycles. The molecular formula is C19H24FIN4O2. The van der Waals surface area contributed by atoms with Crippen molar-refractivity contribution in [1.82, 2.24) is 10.2 Å². The number of methoxy groups -OCH3 is 1. The minimum atomic E-state index is -0.346. The van der Waals surface area contributed by atoms with Crippen LogP contribution in [0.1, 0.15) is 5.56 Å². The SMILES string of the molecule is CN=C(NCC(=O)Nc1ccc(F)cc1)N(C)Cc1ccc(OC)cc1.I. The molecule has 2 aromatic carbocycles. The van der Waals surface area contributed by atoms with E-state index < -0.39 is 0 Å². The average molecular weight is 486 g/mol. The fourth-order valence-electron chi connectivity index (χ4n) is 2.36. The highest BCUT2D eigenvalue weighted by Crippen LogP contribution is 2.12. The van der Waals surface area contributed by atoms with E-state index in [2.05, 4.69) is 15.6 Å². The van der Waals surface area contributed by atoms with Gasteiger partial charge >= 0.3 is 0 Å². The number of amides is 1. The Morgan fingerprint density at radius 3 is 2.33 bits per heavy atom. The van der Waals surface area contributed by atoms with Gasteiger partial charge in [0.15, 0.2) is 5.96 Å². The second kappa shape index (κ2) is 11.4. The molecule has 0 aliphatic rings. The van der Waals surface area contributed by atoms with Crippen LogP contribution in [0.5, 0.6) is 5.75 Å². The van der Waals surface area contributed by atoms with E-state index in [1.54, 1.807) is 14.2 Å². The maximum Gasteiger partial charge on any atom is 0.243 e. The van der Waals surface area contributed by atoms with Gasteiger partial charge in [-0.05, 0) is 42.0 Å². The third-order valence-corrected chi connectivity index (χ3v) is 3.69. The molecule has 146 valence electrons. The quantitative estimate of drug-likeness (QED) is 0.374. The van der Waals surface area contributed by atoms with Gasteiger partial charge in [-0.15, -0.1) is 24.0 Å². The predicted molar refractivity (Wildman–Crippen MR) is 116 cm³/mol. The number of nitrogens with one attached hydrogen (secondary N) is 2. The highest BCUT2D eigenvalue weighted by molar-refractivity contribution is 14.0. The first kappa shape index (κ1) is 22.7. The molecule has 0 bridgehead atoms. The van der Waals surface area contributed by atoms with Crippen LogP contribution in [0.15, 0.2) is 53.5 Å². The van der Waals surface area contributed by atoms with E-state index in [0.717, 1.165) is 11.3 Å². The van der Waals surface area contributed by atoms with E-state index in [1.165, 1.54) is 24.3 Å². The zero-order valence-corrected chi connectivity index (χ0v) is 17.9. The summed E-state index contributed by atoms with van der Waals surface area (Å²) < 4.78 is 18.0. The van der Waals surface area contributed by atoms with Crippen molar-refractivity contribution in [3.05, 3.63) is 59.9 Å². The summed E-state index contributed by atoms with van der Waals surface area (Å²) in [4.78, 5) is 18.1. The van der Waals surface area contributed by atoms with E-state index in [1.807, 2.05) is 36.2 Å². The van der Waals surface area contributed by atoms with Crippen LogP contribution in [0.2, 0.25) is 0 Å². The fraction of sp³-hybridized carbons (Fsp3) is 0.263. The van der Waals surface area contributed by atoms with Crippen LogP contribution in [-0.4, -0.2) is 44.5 Å². The number of nitrogens with zero attached hydrogens (tertiary/aromatic N) is 2. The number of rotatable bonds is 6. The van der Waals surface area contributed by atoms with Crippen LogP contribution in [-0.2, 0) is 11.3 Å². The van der Waals surface area contributed by atoms with Crippen LogP contribution >= 0.6 is 24.0 Å². The lowest BCUT2D eigenvalue weighted by Crippen LogP contribution is -2.42. The summed E-state index contributed by atoms with van der Waals surface area (Å²) in [5.74, 6) is 0.809. The van der Waals surface area contributed by atoms with Crippen molar-refractivity contribution in [3.63, 3.8) is 0 Å². The molecule has 0 spiro atoms. The topological polar surface area (TPSA) is 66.0 Å². The largest absolute Gasteiger partial charge is 0.497 e. The monoisotopic (exact) mass is 486 g/mol. The van der Waals surface area contributed by atoms with E-state index in [9.17, 15) is 9.18 Å². The molecule has 0 saturated carbocycles. The van der Waals surface area contributed by atoms with Gasteiger partial charge in [0.2, 0.25) is 5.91 Å². The van der Waals surface area contributed by atoms with Crippen molar-refractivity contribution >= 4 is 41.5 Å². The Labute approximate surface area is 175 Å². The highest BCUT2D eigenvalue weighted by Gasteiger charge is 2.09. The Bertz CT molecular complexity index is 751. The molecule has 2 N–H and O–H groups in total. The first-order valence-corrected chi connectivity index (χ1v) is 8.12. The predicted octanol–water partition coefficient (Wildman–Crippen LogP) is 3.10. The zero-order valence-electron chi connectivity index (χ0n) is 15.5. The van der Waals surface area contributed by atoms with Gasteiger partial charge in [-0.3, -0.25) is 9.79 Å². The van der Waals surface area contributed by atoms with Gasteiger partial charge in [0.05, 0.1) is 13.7 Å². The highest BCUT2D eigenvalue weighted by atomic mass is 127. The number of hydrogen-bond acceptors (Lipinski definition) is 3. The standard InChI is InChI=1S/C19H23FN4O2.HI/c1-21-19(24(2)13-14-4-10-17(26-3)11-5-14)22-12-18(25)23-16-8-6-15(20)7-9-16;/h4-11H,12-13H2,1-3H3,(H,21,22)(H,23,25);1H. The molecule has 1 amide bonds. The summed E-state index contributed by atoms with van der Waals surface area (Å²) in [7, 11) is 5.17. The van der Waals surface area contributed by atoms with Crippen LogP contribution in [0, 0.1) is 5.82 Å². The molecule has 0 aliphatic heterocycles. The smallest absolute Gasteiger partial charge is 0.243 e. The Morgan fingerprint density at radius 1 is 1.15 bits per heavy atom. The van der Waals surface area contributed by atoms with Gasteiger partial charge in [0, 0.05) is 26.3 Å². The van der Waals surface area contributed by atoms with Crippen molar-refractivity contribution in [2.24, 2.45) is 4.99 Å². The van der Waals surface area contributed by atoms with Crippen molar-refractivity contribution in [2.75, 3.05) is 33.1 Å². The van der Waals surface area contributed by atoms with Gasteiger partial charge in [0.25, 0.3) is 0 Å². The number of carbonyl (C=O) groups is 1. The second-order valence-corrected chi connectivity index (χ2v) is 5.66. The summed E-state index contributed by atoms with van der Waals surface area (Å²) in [6.45, 7) is 0.681. The molecule has 8 heteroatoms. The summed E-state index contributed by atoms with van der Waals surface area (Å²) in [5, 5.41) is 5.70. The lowest BCUT2D eigenvalue weighted by Gasteiger charge is -2.22. The number of halogens is 2. The van der Waals surface area contributed by atoms with E-state index in [4.69, 9.17) is 4.74 Å². The lowest BCUT2D eigenvalue weighted by molar-refractivity contribution is -0.115. The molecule has 0 saturated heterocycles. The number of ether oxygens (including phenoxy) is 1. The van der Waals surface area contributed by atoms with E-state index >= 15 is 0 Å². The van der Waals surface area contributed by atoms with Crippen molar-refractivity contribution in [3.8, 4) is 5.75 Å². The Kier molecular flexibility index (Phi) is 9.55. The van der Waals surface area contributed by atoms with Crippen LogP contribution < -0.4 is 15.4 Å². The molecular weight excluding hydrogens is 462 g/mol. The van der Waals surface area contributed by atoms with E-state index in [-0.39, 0.29) is 42.2 Å². The summed E-state index contributed by atoms with van der Waals surface area (Å²) in [6.07, 6.45) is 0. The average Bonchev–Trinajstić information content (AvgIpc) is 2.64. The van der Waals surface area contributed by atoms with Crippen LogP contribution in [0.3, 0.4) is 0 Å². The van der Waals surface area contributed by atoms with Gasteiger partial charge < -0.3 is 20.3 Å². The van der Waals surface area contributed by atoms with Gasteiger partial charge in [0.1, 0.15) is 11.6 Å². The number of anilines is 1. The number of aliphatic imine (C=N–C) groups is 1. The molecule has 0 atom stereocenters. The number of hydrogen-bond donors (Lipinski definition) is 2. The van der Waals surface area contributed by atoms with Crippen LogP contribution in [0.4, 0.5) is 10.1 Å². The Balaban J connectivity index is 0.00000364. The fourth-order valence-corrected chi connectivity index (χ4v) is 2.36. The molecule has 2 rings (SSSR count). The van der Waals surface area contributed by atoms with Gasteiger partial charge in [-0.2, -0.15) is 0 Å². The summed E-state index contributed by atoms with van der Waals surface area (Å²) in [5.41, 5.74) is 1.63. The molecule has 0 aliphatic carbocycles. The molecule has 0 unspecified atom stereocenters. The van der Waals surface area contributed by atoms with Crippen LogP contribution in [0.25, 0.3) is 0 Å². The third kappa shape index (κ3) is 7.41. The number of guanidine groups is 1. The Hall–Kier alpha value is -2.36. The van der Waals surface area contributed by atoms with Gasteiger partial charge in [-0.25, -0.2) is 4.39 Å². The summed E-state index contributed by atoms with van der Waals surface area (Å²) in [6, 6.07) is 13.4. The number of carbonyl (C=O) groups excluding carboxylic acids is 1. The zero-order chi connectivity index (χ0) is 18.9. The molecule has 2 aromatic rings. The minimum absolute atomic E-state index is 0. The minimum Gasteiger partial charge on any atom is -0.497 e. The maximum absolute atomic E-state index is 12.9. The normalized spacial score (nSPS) is 10.6. The first-order chi connectivity index (χ1) is 12.5. The Morgan fingerprint density at radius 2 is 1.78 bits per heavy atom. The number of benzene rings is 2. The third-order valence-electron chi connectivity index (χ3n) is 3.69. The van der Waals surface area contributed by atoms with Crippen molar-refractivity contribution in [2.45, 2.75) is 6.54 Å². The molecule has 27 heavy (non-hydrogen) atoms. The van der Waals surface area contributed by atoms with E-state index in [0.29, 0.717) is 18.2 Å². The second-order valence-electron chi connectivity index (χ2n) is 5.66. The molecule has 0 fully saturated rings.